The Morgan fingerprint density at radius 2 is 2.00 bits per heavy atom. The molecule has 0 aliphatic carbocycles. The number of rotatable bonds is 7. The van der Waals surface area contributed by atoms with Crippen molar-refractivity contribution in [3.63, 3.8) is 0 Å². The van der Waals surface area contributed by atoms with Gasteiger partial charge in [0.2, 0.25) is 0 Å². The molecule has 3 rings (SSSR count). The van der Waals surface area contributed by atoms with E-state index in [1.54, 1.807) is 13.3 Å². The van der Waals surface area contributed by atoms with Gasteiger partial charge in [-0.05, 0) is 50.1 Å². The van der Waals surface area contributed by atoms with Gasteiger partial charge in [-0.3, -0.25) is 9.89 Å². The summed E-state index contributed by atoms with van der Waals surface area (Å²) < 4.78 is 11.0. The van der Waals surface area contributed by atoms with Gasteiger partial charge in [-0.2, -0.15) is 5.10 Å². The molecule has 0 bridgehead atoms. The number of amides is 1. The Bertz CT molecular complexity index is 712. The van der Waals surface area contributed by atoms with Gasteiger partial charge in [0.1, 0.15) is 5.75 Å². The molecule has 7 nitrogen and oxygen atoms in total. The molecule has 1 aromatic carbocycles. The van der Waals surface area contributed by atoms with E-state index in [4.69, 9.17) is 15.2 Å². The molecule has 0 radical (unpaired) electrons. The summed E-state index contributed by atoms with van der Waals surface area (Å²) in [6, 6.07) is 7.57. The average molecular weight is 395 g/mol. The number of aromatic amines is 1. The number of likely N-dealkylation sites (tertiary alicyclic amines) is 1. The number of H-pyrrole nitrogens is 1. The number of piperidine rings is 1. The molecule has 3 N–H and O–H groups in total. The molecule has 1 amide bonds. The van der Waals surface area contributed by atoms with Crippen LogP contribution in [0.5, 0.6) is 5.75 Å². The molecular formula is C19H27ClN4O3. The van der Waals surface area contributed by atoms with E-state index >= 15 is 0 Å². The van der Waals surface area contributed by atoms with Gasteiger partial charge in [0.15, 0.2) is 0 Å². The first-order chi connectivity index (χ1) is 12.7. The molecular weight excluding hydrogens is 368 g/mol. The number of ether oxygens (including phenoxy) is 2. The van der Waals surface area contributed by atoms with Crippen LogP contribution in [0.4, 0.5) is 0 Å². The molecule has 1 aromatic heterocycles. The van der Waals surface area contributed by atoms with Crippen LogP contribution >= 0.6 is 12.4 Å². The minimum atomic E-state index is 0. The lowest BCUT2D eigenvalue weighted by Gasteiger charge is -2.32. The Morgan fingerprint density at radius 1 is 1.30 bits per heavy atom. The first-order valence-corrected chi connectivity index (χ1v) is 9.01. The lowest BCUT2D eigenvalue weighted by atomic mass is 10.0. The fourth-order valence-corrected chi connectivity index (χ4v) is 3.16. The summed E-state index contributed by atoms with van der Waals surface area (Å²) in [5, 5.41) is 7.03. The summed E-state index contributed by atoms with van der Waals surface area (Å²) in [4.78, 5) is 14.8. The van der Waals surface area contributed by atoms with Gasteiger partial charge in [0.05, 0.1) is 30.7 Å². The number of aromatic nitrogens is 2. The highest BCUT2D eigenvalue weighted by Crippen LogP contribution is 2.25. The van der Waals surface area contributed by atoms with Crippen molar-refractivity contribution in [1.82, 2.24) is 15.1 Å². The summed E-state index contributed by atoms with van der Waals surface area (Å²) in [5.41, 5.74) is 7.73. The minimum absolute atomic E-state index is 0. The molecule has 148 valence electrons. The van der Waals surface area contributed by atoms with Crippen molar-refractivity contribution >= 4 is 18.3 Å². The largest absolute Gasteiger partial charge is 0.497 e. The van der Waals surface area contributed by atoms with Crippen LogP contribution in [0.2, 0.25) is 0 Å². The third-order valence-corrected chi connectivity index (χ3v) is 4.68. The van der Waals surface area contributed by atoms with E-state index in [1.807, 2.05) is 29.2 Å². The Balaban J connectivity index is 0.00000261. The van der Waals surface area contributed by atoms with E-state index in [-0.39, 0.29) is 24.4 Å². The zero-order valence-electron chi connectivity index (χ0n) is 15.5. The van der Waals surface area contributed by atoms with Gasteiger partial charge in [0.25, 0.3) is 5.91 Å². The molecule has 0 atom stereocenters. The van der Waals surface area contributed by atoms with E-state index in [0.29, 0.717) is 31.8 Å². The van der Waals surface area contributed by atoms with Crippen LogP contribution in [0.3, 0.4) is 0 Å². The van der Waals surface area contributed by atoms with E-state index in [1.165, 1.54) is 0 Å². The van der Waals surface area contributed by atoms with Crippen LogP contribution in [0.25, 0.3) is 11.3 Å². The van der Waals surface area contributed by atoms with Crippen molar-refractivity contribution in [2.45, 2.75) is 25.4 Å². The normalized spacial score (nSPS) is 14.7. The van der Waals surface area contributed by atoms with Crippen molar-refractivity contribution in [2.24, 2.45) is 5.73 Å². The zero-order chi connectivity index (χ0) is 18.4. The number of methoxy groups -OCH3 is 1. The monoisotopic (exact) mass is 394 g/mol. The lowest BCUT2D eigenvalue weighted by molar-refractivity contribution is 0.00847. The number of nitrogens with two attached hydrogens (primary N) is 1. The molecule has 1 aliphatic rings. The SMILES string of the molecule is COc1ccc(-c2[nH]ncc2C(=O)N2CCC(OCCCN)CC2)cc1.Cl. The van der Waals surface area contributed by atoms with Crippen LogP contribution in [0.15, 0.2) is 30.5 Å². The van der Waals surface area contributed by atoms with Crippen molar-refractivity contribution in [1.29, 1.82) is 0 Å². The van der Waals surface area contributed by atoms with Crippen LogP contribution in [-0.2, 0) is 4.74 Å². The Morgan fingerprint density at radius 3 is 2.63 bits per heavy atom. The molecule has 2 aromatic rings. The lowest BCUT2D eigenvalue weighted by Crippen LogP contribution is -2.41. The number of carbonyl (C=O) groups is 1. The molecule has 2 heterocycles. The summed E-state index contributed by atoms with van der Waals surface area (Å²) in [7, 11) is 1.63. The molecule has 0 saturated carbocycles. The van der Waals surface area contributed by atoms with Crippen LogP contribution in [0, 0.1) is 0 Å². The van der Waals surface area contributed by atoms with E-state index < -0.39 is 0 Å². The molecule has 0 spiro atoms. The number of hydrogen-bond acceptors (Lipinski definition) is 5. The maximum Gasteiger partial charge on any atom is 0.257 e. The molecule has 1 saturated heterocycles. The fraction of sp³-hybridized carbons (Fsp3) is 0.474. The highest BCUT2D eigenvalue weighted by molar-refractivity contribution is 5.99. The number of benzene rings is 1. The van der Waals surface area contributed by atoms with Crippen molar-refractivity contribution < 1.29 is 14.3 Å². The number of nitrogens with one attached hydrogen (secondary N) is 1. The highest BCUT2D eigenvalue weighted by Gasteiger charge is 2.26. The summed E-state index contributed by atoms with van der Waals surface area (Å²) in [6.45, 7) is 2.73. The van der Waals surface area contributed by atoms with Gasteiger partial charge >= 0.3 is 0 Å². The molecule has 27 heavy (non-hydrogen) atoms. The average Bonchev–Trinajstić information content (AvgIpc) is 3.18. The third-order valence-electron chi connectivity index (χ3n) is 4.68. The summed E-state index contributed by atoms with van der Waals surface area (Å²) >= 11 is 0. The second-order valence-electron chi connectivity index (χ2n) is 6.39. The zero-order valence-corrected chi connectivity index (χ0v) is 16.3. The Kier molecular flexibility index (Phi) is 8.09. The van der Waals surface area contributed by atoms with E-state index in [2.05, 4.69) is 10.2 Å². The van der Waals surface area contributed by atoms with Gasteiger partial charge in [-0.15, -0.1) is 12.4 Å². The number of nitrogens with zero attached hydrogens (tertiary/aromatic N) is 2. The molecule has 1 fully saturated rings. The van der Waals surface area contributed by atoms with Gasteiger partial charge < -0.3 is 20.1 Å². The van der Waals surface area contributed by atoms with Crippen molar-refractivity contribution in [2.75, 3.05) is 33.4 Å². The maximum absolute atomic E-state index is 12.9. The first kappa shape index (κ1) is 21.2. The third kappa shape index (κ3) is 5.22. The fourth-order valence-electron chi connectivity index (χ4n) is 3.16. The van der Waals surface area contributed by atoms with E-state index in [9.17, 15) is 4.79 Å². The molecule has 8 heteroatoms. The summed E-state index contributed by atoms with van der Waals surface area (Å²) in [6.07, 6.45) is 4.40. The predicted octanol–water partition coefficient (Wildman–Crippen LogP) is 2.48. The number of carbonyl (C=O) groups excluding carboxylic acids is 1. The highest BCUT2D eigenvalue weighted by atomic mass is 35.5. The van der Waals surface area contributed by atoms with Crippen molar-refractivity contribution in [3.05, 3.63) is 36.0 Å². The van der Waals surface area contributed by atoms with Crippen LogP contribution < -0.4 is 10.5 Å². The topological polar surface area (TPSA) is 93.5 Å². The quantitative estimate of drug-likeness (QED) is 0.703. The van der Waals surface area contributed by atoms with Gasteiger partial charge in [0, 0.05) is 25.3 Å². The standard InChI is InChI=1S/C19H26N4O3.ClH/c1-25-15-5-3-14(4-6-15)18-17(13-21-22-18)19(24)23-10-7-16(8-11-23)26-12-2-9-20;/h3-6,13,16H,2,7-12,20H2,1H3,(H,21,22);1H. The Hall–Kier alpha value is -2.09. The first-order valence-electron chi connectivity index (χ1n) is 9.01. The molecule has 0 unspecified atom stereocenters. The predicted molar refractivity (Wildman–Crippen MR) is 106 cm³/mol. The Labute approximate surface area is 165 Å². The van der Waals surface area contributed by atoms with Crippen LogP contribution in [0.1, 0.15) is 29.6 Å². The van der Waals surface area contributed by atoms with Gasteiger partial charge in [-0.25, -0.2) is 0 Å². The minimum Gasteiger partial charge on any atom is -0.497 e. The van der Waals surface area contributed by atoms with E-state index in [0.717, 1.165) is 36.3 Å². The maximum atomic E-state index is 12.9. The smallest absolute Gasteiger partial charge is 0.257 e. The summed E-state index contributed by atoms with van der Waals surface area (Å²) in [5.74, 6) is 0.780. The van der Waals surface area contributed by atoms with Crippen LogP contribution in [-0.4, -0.2) is 60.5 Å². The molecule has 1 aliphatic heterocycles. The number of halogens is 1. The second-order valence-corrected chi connectivity index (χ2v) is 6.39. The number of hydrogen-bond donors (Lipinski definition) is 2. The van der Waals surface area contributed by atoms with Crippen molar-refractivity contribution in [3.8, 4) is 17.0 Å². The van der Waals surface area contributed by atoms with Gasteiger partial charge in [-0.1, -0.05) is 0 Å². The second kappa shape index (κ2) is 10.3.